The predicted octanol–water partition coefficient (Wildman–Crippen LogP) is 0.780. The van der Waals surface area contributed by atoms with E-state index in [9.17, 15) is 0 Å². The third kappa shape index (κ3) is 0.652. The van der Waals surface area contributed by atoms with Crippen LogP contribution in [0.5, 0.6) is 0 Å². The van der Waals surface area contributed by atoms with E-state index in [1.165, 1.54) is 18.7 Å². The van der Waals surface area contributed by atoms with Crippen LogP contribution >= 0.6 is 0 Å². The lowest BCUT2D eigenvalue weighted by molar-refractivity contribution is -0.244. The van der Waals surface area contributed by atoms with Crippen LogP contribution in [0.2, 0.25) is 0 Å². The van der Waals surface area contributed by atoms with Crippen LogP contribution < -0.4 is 0 Å². The summed E-state index contributed by atoms with van der Waals surface area (Å²) in [6.07, 6.45) is 4.25. The van der Waals surface area contributed by atoms with Gasteiger partial charge in [0.05, 0.1) is 6.20 Å². The van der Waals surface area contributed by atoms with Gasteiger partial charge in [-0.3, -0.25) is 0 Å². The van der Waals surface area contributed by atoms with Gasteiger partial charge < -0.3 is 9.68 Å². The fourth-order valence-corrected chi connectivity index (χ4v) is 0.281. The number of hydrogen-bond donors (Lipinski definition) is 0. The van der Waals surface area contributed by atoms with Gasteiger partial charge in [-0.15, -0.1) is 0 Å². The van der Waals surface area contributed by atoms with Crippen molar-refractivity contribution < 1.29 is 9.68 Å². The second-order valence-corrected chi connectivity index (χ2v) is 0.951. The lowest BCUT2D eigenvalue weighted by Gasteiger charge is -2.05. The van der Waals surface area contributed by atoms with Crippen molar-refractivity contribution in [3.8, 4) is 0 Å². The molecule has 0 bridgehead atoms. The van der Waals surface area contributed by atoms with Crippen molar-refractivity contribution in [2.45, 2.75) is 0 Å². The summed E-state index contributed by atoms with van der Waals surface area (Å²) in [5.74, 6) is 0. The maximum absolute atomic E-state index is 4.61. The Bertz CT molecular complexity index is 91.9. The van der Waals surface area contributed by atoms with Gasteiger partial charge in [-0.25, -0.2) is 0 Å². The van der Waals surface area contributed by atoms with Crippen molar-refractivity contribution in [1.29, 1.82) is 0 Å². The molecule has 1 aliphatic rings. The highest BCUT2D eigenvalue weighted by Gasteiger charge is 1.98. The Morgan fingerprint density at radius 2 is 2.00 bits per heavy atom. The maximum atomic E-state index is 4.61. The molecule has 0 aromatic rings. The molecule has 0 aromatic carbocycles. The fraction of sp³-hybridized carbons (Fsp3) is 0. The lowest BCUT2D eigenvalue weighted by Crippen LogP contribution is -2.05. The molecular weight excluding hydrogens is 94.0 g/mol. The van der Waals surface area contributed by atoms with Crippen LogP contribution in [-0.4, -0.2) is 5.23 Å². The molecule has 7 heavy (non-hydrogen) atoms. The first-order valence-corrected chi connectivity index (χ1v) is 1.84. The van der Waals surface area contributed by atoms with E-state index < -0.39 is 0 Å². The van der Waals surface area contributed by atoms with Gasteiger partial charge in [-0.2, -0.15) is 0 Å². The van der Waals surface area contributed by atoms with E-state index in [4.69, 9.17) is 0 Å². The molecule has 0 radical (unpaired) electrons. The maximum Gasteiger partial charge on any atom is 0.161 e. The van der Waals surface area contributed by atoms with E-state index in [0.29, 0.717) is 0 Å². The SMILES string of the molecule is C=CN1OC=CO1. The Morgan fingerprint density at radius 1 is 1.43 bits per heavy atom. The Balaban J connectivity index is 2.35. The smallest absolute Gasteiger partial charge is 0.161 e. The normalized spacial score (nSPS) is 15.7. The predicted molar refractivity (Wildman–Crippen MR) is 23.3 cm³/mol. The van der Waals surface area contributed by atoms with Crippen LogP contribution in [0.3, 0.4) is 0 Å². The monoisotopic (exact) mass is 99.0 g/mol. The topological polar surface area (TPSA) is 21.7 Å². The highest BCUT2D eigenvalue weighted by Crippen LogP contribution is 2.00. The Hall–Kier alpha value is -1.12. The van der Waals surface area contributed by atoms with E-state index in [-0.39, 0.29) is 0 Å². The fourth-order valence-electron chi connectivity index (χ4n) is 0.281. The summed E-state index contributed by atoms with van der Waals surface area (Å²) in [7, 11) is 0. The molecule has 0 spiro atoms. The average Bonchev–Trinajstić information content (AvgIpc) is 2.14. The minimum Gasteiger partial charge on any atom is -0.350 e. The van der Waals surface area contributed by atoms with Crippen LogP contribution in [0.25, 0.3) is 0 Å². The van der Waals surface area contributed by atoms with Crippen LogP contribution in [0.15, 0.2) is 25.3 Å². The Kier molecular flexibility index (Phi) is 0.898. The number of hydrogen-bond acceptors (Lipinski definition) is 3. The Morgan fingerprint density at radius 3 is 2.29 bits per heavy atom. The number of nitrogens with zero attached hydrogens (tertiary/aromatic N) is 1. The largest absolute Gasteiger partial charge is 0.350 e. The second kappa shape index (κ2) is 1.55. The molecule has 0 atom stereocenters. The molecule has 0 fully saturated rings. The summed E-state index contributed by atoms with van der Waals surface area (Å²) in [6.45, 7) is 3.38. The van der Waals surface area contributed by atoms with E-state index in [1.54, 1.807) is 0 Å². The van der Waals surface area contributed by atoms with Crippen LogP contribution in [0.4, 0.5) is 0 Å². The molecular formula is C4H5NO2. The van der Waals surface area contributed by atoms with Gasteiger partial charge >= 0.3 is 0 Å². The van der Waals surface area contributed by atoms with Crippen molar-refractivity contribution in [3.05, 3.63) is 25.3 Å². The molecule has 0 saturated heterocycles. The highest BCUT2D eigenvalue weighted by molar-refractivity contribution is 4.68. The molecule has 1 rings (SSSR count). The molecule has 0 N–H and O–H groups in total. The van der Waals surface area contributed by atoms with E-state index >= 15 is 0 Å². The van der Waals surface area contributed by atoms with E-state index in [2.05, 4.69) is 16.3 Å². The molecule has 1 heterocycles. The zero-order chi connectivity index (χ0) is 5.11. The third-order valence-corrected chi connectivity index (χ3v) is 0.534. The molecule has 1 aliphatic heterocycles. The van der Waals surface area contributed by atoms with Crippen LogP contribution in [0, 0.1) is 0 Å². The number of rotatable bonds is 1. The van der Waals surface area contributed by atoms with Gasteiger partial charge in [0.25, 0.3) is 0 Å². The molecule has 0 unspecified atom stereocenters. The molecule has 0 amide bonds. The first-order chi connectivity index (χ1) is 3.43. The van der Waals surface area contributed by atoms with Gasteiger partial charge in [-0.1, -0.05) is 6.58 Å². The average molecular weight is 99.1 g/mol. The minimum atomic E-state index is 1.14. The van der Waals surface area contributed by atoms with Crippen LogP contribution in [-0.2, 0) is 9.68 Å². The van der Waals surface area contributed by atoms with Crippen molar-refractivity contribution >= 4 is 0 Å². The minimum absolute atomic E-state index is 1.14. The lowest BCUT2D eigenvalue weighted by atomic mass is 11.1. The molecule has 0 saturated carbocycles. The summed E-state index contributed by atoms with van der Waals surface area (Å²) < 4.78 is 0. The quantitative estimate of drug-likeness (QED) is 0.485. The zero-order valence-electron chi connectivity index (χ0n) is 3.70. The first kappa shape index (κ1) is 4.05. The van der Waals surface area contributed by atoms with Crippen molar-refractivity contribution in [3.63, 3.8) is 0 Å². The third-order valence-electron chi connectivity index (χ3n) is 0.534. The molecule has 0 aromatic heterocycles. The van der Waals surface area contributed by atoms with Gasteiger partial charge in [0.15, 0.2) is 12.5 Å². The van der Waals surface area contributed by atoms with Crippen LogP contribution in [0.1, 0.15) is 0 Å². The molecule has 3 heteroatoms. The van der Waals surface area contributed by atoms with Gasteiger partial charge in [0.1, 0.15) is 0 Å². The van der Waals surface area contributed by atoms with E-state index in [1.807, 2.05) is 0 Å². The van der Waals surface area contributed by atoms with Crippen molar-refractivity contribution in [1.82, 2.24) is 5.23 Å². The van der Waals surface area contributed by atoms with E-state index in [0.717, 1.165) is 5.23 Å². The summed E-state index contributed by atoms with van der Waals surface area (Å²) in [5, 5.41) is 1.14. The summed E-state index contributed by atoms with van der Waals surface area (Å²) in [4.78, 5) is 9.23. The van der Waals surface area contributed by atoms with Crippen molar-refractivity contribution in [2.75, 3.05) is 0 Å². The van der Waals surface area contributed by atoms with Gasteiger partial charge in [-0.05, 0) is 5.23 Å². The molecule has 3 nitrogen and oxygen atoms in total. The summed E-state index contributed by atoms with van der Waals surface area (Å²) in [5.41, 5.74) is 0. The zero-order valence-corrected chi connectivity index (χ0v) is 3.70. The second-order valence-electron chi connectivity index (χ2n) is 0.951. The summed E-state index contributed by atoms with van der Waals surface area (Å²) in [6, 6.07) is 0. The highest BCUT2D eigenvalue weighted by atomic mass is 17.0. The summed E-state index contributed by atoms with van der Waals surface area (Å²) >= 11 is 0. The molecule has 38 valence electrons. The number of hydroxylamine groups is 2. The van der Waals surface area contributed by atoms with Crippen molar-refractivity contribution in [2.24, 2.45) is 0 Å². The van der Waals surface area contributed by atoms with Gasteiger partial charge in [0, 0.05) is 0 Å². The standard InChI is InChI=1S/C4H5NO2/c1-2-5-6-3-4-7-5/h2-4H,1H2. The first-order valence-electron chi connectivity index (χ1n) is 1.84. The molecule has 0 aliphatic carbocycles. The Labute approximate surface area is 41.3 Å². The van der Waals surface area contributed by atoms with Gasteiger partial charge in [0.2, 0.25) is 0 Å².